The summed E-state index contributed by atoms with van der Waals surface area (Å²) in [5.41, 5.74) is 0.499. The quantitative estimate of drug-likeness (QED) is 0.820. The van der Waals surface area contributed by atoms with Crippen molar-refractivity contribution < 1.29 is 23.5 Å². The maximum absolute atomic E-state index is 12.1. The summed E-state index contributed by atoms with van der Waals surface area (Å²) in [4.78, 5) is 23.9. The molecule has 0 saturated carbocycles. The molecule has 2 aromatic rings. The van der Waals surface area contributed by atoms with Crippen molar-refractivity contribution >= 4 is 33.5 Å². The summed E-state index contributed by atoms with van der Waals surface area (Å²) in [6.45, 7) is 1.47. The Morgan fingerprint density at radius 1 is 1.23 bits per heavy atom. The number of carbonyl (C=O) groups excluding carboxylic acids is 2. The Labute approximate surface area is 135 Å². The van der Waals surface area contributed by atoms with Gasteiger partial charge in [-0.05, 0) is 47.1 Å². The summed E-state index contributed by atoms with van der Waals surface area (Å²) in [5.74, 6) is -0.648. The van der Waals surface area contributed by atoms with Gasteiger partial charge in [0.05, 0.1) is 12.8 Å². The Balaban J connectivity index is 1.99. The van der Waals surface area contributed by atoms with E-state index in [-0.39, 0.29) is 5.76 Å². The SMILES string of the molecule is COc1ccccc1NC(=O)[C@H](C)OC(=O)c1ccc(Br)o1. The minimum absolute atomic E-state index is 0.0174. The van der Waals surface area contributed by atoms with Crippen LogP contribution < -0.4 is 10.1 Å². The normalized spacial score (nSPS) is 11.6. The second kappa shape index (κ2) is 7.13. The molecule has 1 heterocycles. The van der Waals surface area contributed by atoms with E-state index in [1.165, 1.54) is 20.1 Å². The largest absolute Gasteiger partial charge is 0.495 e. The fourth-order valence-corrected chi connectivity index (χ4v) is 1.98. The molecule has 116 valence electrons. The fourth-order valence-electron chi connectivity index (χ4n) is 1.68. The van der Waals surface area contributed by atoms with Crippen LogP contribution in [0.15, 0.2) is 45.5 Å². The molecule has 0 fully saturated rings. The summed E-state index contributed by atoms with van der Waals surface area (Å²) >= 11 is 3.09. The summed E-state index contributed by atoms with van der Waals surface area (Å²) < 4.78 is 15.7. The summed E-state index contributed by atoms with van der Waals surface area (Å²) in [7, 11) is 1.50. The number of furan rings is 1. The maximum Gasteiger partial charge on any atom is 0.375 e. The molecule has 0 aliphatic heterocycles. The van der Waals surface area contributed by atoms with Crippen molar-refractivity contribution in [2.45, 2.75) is 13.0 Å². The molecule has 0 saturated heterocycles. The molecule has 22 heavy (non-hydrogen) atoms. The lowest BCUT2D eigenvalue weighted by Gasteiger charge is -2.14. The van der Waals surface area contributed by atoms with Gasteiger partial charge in [-0.2, -0.15) is 0 Å². The molecule has 1 N–H and O–H groups in total. The van der Waals surface area contributed by atoms with Crippen LogP contribution in [0, 0.1) is 0 Å². The third-order valence-electron chi connectivity index (χ3n) is 2.79. The number of nitrogens with one attached hydrogen (secondary N) is 1. The first kappa shape index (κ1) is 16.1. The van der Waals surface area contributed by atoms with Gasteiger partial charge >= 0.3 is 5.97 Å². The molecule has 7 heteroatoms. The van der Waals surface area contributed by atoms with E-state index in [0.717, 1.165) is 0 Å². The van der Waals surface area contributed by atoms with Crippen LogP contribution >= 0.6 is 15.9 Å². The van der Waals surface area contributed by atoms with E-state index in [9.17, 15) is 9.59 Å². The molecule has 6 nitrogen and oxygen atoms in total. The zero-order chi connectivity index (χ0) is 16.1. The average Bonchev–Trinajstić information content (AvgIpc) is 2.94. The third kappa shape index (κ3) is 3.88. The second-order valence-corrected chi connectivity index (χ2v) is 5.12. The molecule has 0 radical (unpaired) electrons. The lowest BCUT2D eigenvalue weighted by molar-refractivity contribution is -0.123. The number of hydrogen-bond acceptors (Lipinski definition) is 5. The number of halogens is 1. The highest BCUT2D eigenvalue weighted by Crippen LogP contribution is 2.23. The number of methoxy groups -OCH3 is 1. The smallest absolute Gasteiger partial charge is 0.375 e. The Morgan fingerprint density at radius 2 is 1.95 bits per heavy atom. The summed E-state index contributed by atoms with van der Waals surface area (Å²) in [5, 5.41) is 2.64. The van der Waals surface area contributed by atoms with Crippen LogP contribution in [-0.2, 0) is 9.53 Å². The molecule has 0 spiro atoms. The number of benzene rings is 1. The van der Waals surface area contributed by atoms with Gasteiger partial charge in [0.1, 0.15) is 5.75 Å². The molecule has 1 aromatic carbocycles. The van der Waals surface area contributed by atoms with Crippen molar-refractivity contribution in [3.05, 3.63) is 46.8 Å². The van der Waals surface area contributed by atoms with E-state index < -0.39 is 18.0 Å². The first-order valence-electron chi connectivity index (χ1n) is 6.41. The zero-order valence-corrected chi connectivity index (χ0v) is 13.5. The van der Waals surface area contributed by atoms with Gasteiger partial charge < -0.3 is 19.2 Å². The van der Waals surface area contributed by atoms with Crippen LogP contribution in [0.3, 0.4) is 0 Å². The van der Waals surface area contributed by atoms with E-state index in [1.54, 1.807) is 30.3 Å². The van der Waals surface area contributed by atoms with Crippen molar-refractivity contribution in [3.8, 4) is 5.75 Å². The highest BCUT2D eigenvalue weighted by Gasteiger charge is 2.21. The number of carbonyl (C=O) groups is 2. The van der Waals surface area contributed by atoms with Gasteiger partial charge in [0.25, 0.3) is 5.91 Å². The topological polar surface area (TPSA) is 77.8 Å². The number of amides is 1. The Hall–Kier alpha value is -2.28. The molecular formula is C15H14BrNO5. The van der Waals surface area contributed by atoms with E-state index in [0.29, 0.717) is 16.1 Å². The van der Waals surface area contributed by atoms with Crippen LogP contribution in [-0.4, -0.2) is 25.1 Å². The van der Waals surface area contributed by atoms with E-state index in [1.807, 2.05) is 0 Å². The predicted molar refractivity (Wildman–Crippen MR) is 82.9 cm³/mol. The second-order valence-electron chi connectivity index (χ2n) is 4.34. The van der Waals surface area contributed by atoms with E-state index in [2.05, 4.69) is 21.2 Å². The lowest BCUT2D eigenvalue weighted by atomic mass is 10.2. The highest BCUT2D eigenvalue weighted by molar-refractivity contribution is 9.10. The number of rotatable bonds is 5. The van der Waals surface area contributed by atoms with Crippen LogP contribution in [0.2, 0.25) is 0 Å². The van der Waals surface area contributed by atoms with Gasteiger partial charge in [-0.15, -0.1) is 0 Å². The third-order valence-corrected chi connectivity index (χ3v) is 3.22. The van der Waals surface area contributed by atoms with Crippen molar-refractivity contribution in [1.29, 1.82) is 0 Å². The van der Waals surface area contributed by atoms with Gasteiger partial charge in [0.2, 0.25) is 5.76 Å². The maximum atomic E-state index is 12.1. The van der Waals surface area contributed by atoms with Crippen LogP contribution in [0.1, 0.15) is 17.5 Å². The van der Waals surface area contributed by atoms with Crippen LogP contribution in [0.4, 0.5) is 5.69 Å². The van der Waals surface area contributed by atoms with Crippen molar-refractivity contribution in [1.82, 2.24) is 0 Å². The van der Waals surface area contributed by atoms with Crippen molar-refractivity contribution in [2.75, 3.05) is 12.4 Å². The number of esters is 1. The molecule has 0 aliphatic rings. The van der Waals surface area contributed by atoms with Gasteiger partial charge in [-0.1, -0.05) is 12.1 Å². The molecule has 2 rings (SSSR count). The summed E-state index contributed by atoms with van der Waals surface area (Å²) in [6.07, 6.45) is -0.985. The molecule has 0 aliphatic carbocycles. The minimum Gasteiger partial charge on any atom is -0.495 e. The monoisotopic (exact) mass is 367 g/mol. The highest BCUT2D eigenvalue weighted by atomic mass is 79.9. The zero-order valence-electron chi connectivity index (χ0n) is 12.0. The average molecular weight is 368 g/mol. The van der Waals surface area contributed by atoms with Gasteiger partial charge in [0, 0.05) is 0 Å². The molecule has 1 atom stereocenters. The summed E-state index contributed by atoms with van der Waals surface area (Å²) in [6, 6.07) is 9.97. The number of hydrogen-bond donors (Lipinski definition) is 1. The van der Waals surface area contributed by atoms with Gasteiger partial charge in [-0.25, -0.2) is 4.79 Å². The Morgan fingerprint density at radius 3 is 2.59 bits per heavy atom. The number of ether oxygens (including phenoxy) is 2. The molecular weight excluding hydrogens is 354 g/mol. The van der Waals surface area contributed by atoms with E-state index in [4.69, 9.17) is 13.9 Å². The van der Waals surface area contributed by atoms with Crippen molar-refractivity contribution in [2.24, 2.45) is 0 Å². The first-order chi connectivity index (χ1) is 10.5. The lowest BCUT2D eigenvalue weighted by Crippen LogP contribution is -2.30. The van der Waals surface area contributed by atoms with Crippen LogP contribution in [0.5, 0.6) is 5.75 Å². The molecule has 1 amide bonds. The van der Waals surface area contributed by atoms with Crippen LogP contribution in [0.25, 0.3) is 0 Å². The Bertz CT molecular complexity index is 682. The number of anilines is 1. The van der Waals surface area contributed by atoms with Gasteiger partial charge in [-0.3, -0.25) is 4.79 Å². The van der Waals surface area contributed by atoms with Crippen molar-refractivity contribution in [3.63, 3.8) is 0 Å². The first-order valence-corrected chi connectivity index (χ1v) is 7.20. The fraction of sp³-hybridized carbons (Fsp3) is 0.200. The number of para-hydroxylation sites is 2. The standard InChI is InChI=1S/C15H14BrNO5/c1-9(21-15(19)12-7-8-13(16)22-12)14(18)17-10-5-3-4-6-11(10)20-2/h3-9H,1-2H3,(H,17,18)/t9-/m0/s1. The predicted octanol–water partition coefficient (Wildman–Crippen LogP) is 3.23. The van der Waals surface area contributed by atoms with E-state index >= 15 is 0 Å². The molecule has 0 unspecified atom stereocenters. The molecule has 0 bridgehead atoms. The Kier molecular flexibility index (Phi) is 5.21. The minimum atomic E-state index is -0.985. The van der Waals surface area contributed by atoms with Gasteiger partial charge in [0.15, 0.2) is 10.8 Å². The molecule has 1 aromatic heterocycles.